The molecule has 0 aromatic heterocycles. The zero-order chi connectivity index (χ0) is 18.3. The Balaban J connectivity index is 2.03. The number of nitrogens with one attached hydrogen (secondary N) is 2. The number of hydrogen-bond donors (Lipinski definition) is 2. The quantitative estimate of drug-likeness (QED) is 0.377. The Morgan fingerprint density at radius 3 is 2.24 bits per heavy atom. The molecule has 0 heterocycles. The minimum Gasteiger partial charge on any atom is -0.352 e. The highest BCUT2D eigenvalue weighted by atomic mass is 16.6. The summed E-state index contributed by atoms with van der Waals surface area (Å²) in [5.41, 5.74) is 2.05. The first-order chi connectivity index (χ1) is 11.8. The molecule has 0 spiro atoms. The zero-order valence-electron chi connectivity index (χ0n) is 14.8. The van der Waals surface area contributed by atoms with Crippen molar-refractivity contribution in [1.29, 1.82) is 0 Å². The number of nitro groups is 1. The Kier molecular flexibility index (Phi) is 6.11. The van der Waals surface area contributed by atoms with Crippen LogP contribution in [0.1, 0.15) is 31.9 Å². The Morgan fingerprint density at radius 2 is 1.68 bits per heavy atom. The molecular weight excluding hydrogens is 316 g/mol. The van der Waals surface area contributed by atoms with Gasteiger partial charge in [-0.3, -0.25) is 10.1 Å². The molecule has 0 amide bonds. The average molecular weight is 340 g/mol. The third-order valence-electron chi connectivity index (χ3n) is 3.36. The van der Waals surface area contributed by atoms with Crippen LogP contribution in [0.15, 0.2) is 59.6 Å². The maximum Gasteiger partial charge on any atom is 0.269 e. The number of aliphatic imine (C=N–C) groups is 1. The van der Waals surface area contributed by atoms with Crippen LogP contribution in [-0.2, 0) is 13.1 Å². The van der Waals surface area contributed by atoms with E-state index in [9.17, 15) is 10.1 Å². The molecule has 0 atom stereocenters. The predicted octanol–water partition coefficient (Wildman–Crippen LogP) is 3.63. The SMILES string of the molecule is CC(C)(C)NC(=NCc1ccccc1)NCc1ccc([N+](=O)[O-])cc1. The largest absolute Gasteiger partial charge is 0.352 e. The van der Waals surface area contributed by atoms with Crippen LogP contribution < -0.4 is 10.6 Å². The second-order valence-corrected chi connectivity index (χ2v) is 6.80. The lowest BCUT2D eigenvalue weighted by Crippen LogP contribution is -2.47. The Morgan fingerprint density at radius 1 is 1.04 bits per heavy atom. The second-order valence-electron chi connectivity index (χ2n) is 6.80. The summed E-state index contributed by atoms with van der Waals surface area (Å²) in [4.78, 5) is 14.9. The molecule has 0 bridgehead atoms. The van der Waals surface area contributed by atoms with E-state index in [1.807, 2.05) is 30.3 Å². The van der Waals surface area contributed by atoms with E-state index < -0.39 is 4.92 Å². The van der Waals surface area contributed by atoms with Gasteiger partial charge >= 0.3 is 0 Å². The molecule has 2 aromatic carbocycles. The molecule has 2 N–H and O–H groups in total. The van der Waals surface area contributed by atoms with Crippen molar-refractivity contribution in [3.05, 3.63) is 75.8 Å². The van der Waals surface area contributed by atoms with Crippen LogP contribution in [0.2, 0.25) is 0 Å². The lowest BCUT2D eigenvalue weighted by Gasteiger charge is -2.24. The van der Waals surface area contributed by atoms with Crippen molar-refractivity contribution in [2.75, 3.05) is 0 Å². The maximum absolute atomic E-state index is 10.7. The highest BCUT2D eigenvalue weighted by Crippen LogP contribution is 2.11. The molecule has 0 aliphatic carbocycles. The number of hydrogen-bond acceptors (Lipinski definition) is 3. The first-order valence-corrected chi connectivity index (χ1v) is 8.17. The lowest BCUT2D eigenvalue weighted by atomic mass is 10.1. The fourth-order valence-electron chi connectivity index (χ4n) is 2.17. The first-order valence-electron chi connectivity index (χ1n) is 8.17. The molecule has 2 rings (SSSR count). The summed E-state index contributed by atoms with van der Waals surface area (Å²) in [7, 11) is 0. The summed E-state index contributed by atoms with van der Waals surface area (Å²) in [5.74, 6) is 0.703. The van der Waals surface area contributed by atoms with Gasteiger partial charge < -0.3 is 10.6 Å². The predicted molar refractivity (Wildman–Crippen MR) is 100 cm³/mol. The summed E-state index contributed by atoms with van der Waals surface area (Å²) < 4.78 is 0. The summed E-state index contributed by atoms with van der Waals surface area (Å²) in [5, 5.41) is 17.4. The molecule has 0 fully saturated rings. The average Bonchev–Trinajstić information content (AvgIpc) is 2.57. The van der Waals surface area contributed by atoms with Crippen molar-refractivity contribution < 1.29 is 4.92 Å². The molecule has 0 aliphatic heterocycles. The number of benzene rings is 2. The highest BCUT2D eigenvalue weighted by Gasteiger charge is 2.12. The van der Waals surface area contributed by atoms with Gasteiger partial charge in [-0.05, 0) is 31.9 Å². The maximum atomic E-state index is 10.7. The van der Waals surface area contributed by atoms with Gasteiger partial charge in [0.05, 0.1) is 11.5 Å². The molecule has 6 nitrogen and oxygen atoms in total. The monoisotopic (exact) mass is 340 g/mol. The Hall–Kier alpha value is -2.89. The van der Waals surface area contributed by atoms with E-state index in [1.54, 1.807) is 12.1 Å². The Labute approximate surface area is 148 Å². The smallest absolute Gasteiger partial charge is 0.269 e. The summed E-state index contributed by atoms with van der Waals surface area (Å²) in [6.45, 7) is 7.32. The number of nitro benzene ring substituents is 1. The van der Waals surface area contributed by atoms with E-state index in [-0.39, 0.29) is 11.2 Å². The zero-order valence-corrected chi connectivity index (χ0v) is 14.8. The van der Waals surface area contributed by atoms with Gasteiger partial charge in [0.1, 0.15) is 0 Å². The van der Waals surface area contributed by atoms with Crippen LogP contribution in [0.25, 0.3) is 0 Å². The van der Waals surface area contributed by atoms with Crippen molar-refractivity contribution in [3.8, 4) is 0 Å². The molecule has 0 radical (unpaired) electrons. The molecule has 132 valence electrons. The Bertz CT molecular complexity index is 719. The van der Waals surface area contributed by atoms with Crippen LogP contribution in [-0.4, -0.2) is 16.4 Å². The van der Waals surface area contributed by atoms with Gasteiger partial charge in [-0.25, -0.2) is 4.99 Å². The molecular formula is C19H24N4O2. The second kappa shape index (κ2) is 8.28. The fourth-order valence-corrected chi connectivity index (χ4v) is 2.17. The summed E-state index contributed by atoms with van der Waals surface area (Å²) in [6, 6.07) is 16.5. The van der Waals surface area contributed by atoms with Crippen molar-refractivity contribution in [2.24, 2.45) is 4.99 Å². The van der Waals surface area contributed by atoms with Gasteiger partial charge in [0, 0.05) is 24.2 Å². The van der Waals surface area contributed by atoms with Gasteiger partial charge in [-0.15, -0.1) is 0 Å². The fraction of sp³-hybridized carbons (Fsp3) is 0.316. The van der Waals surface area contributed by atoms with Gasteiger partial charge in [0.2, 0.25) is 0 Å². The van der Waals surface area contributed by atoms with Gasteiger partial charge in [0.15, 0.2) is 5.96 Å². The third-order valence-corrected chi connectivity index (χ3v) is 3.36. The molecule has 0 saturated carbocycles. The van der Waals surface area contributed by atoms with Crippen LogP contribution in [0.5, 0.6) is 0 Å². The third kappa shape index (κ3) is 6.63. The standard InChI is InChI=1S/C19H24N4O2/c1-19(2,3)22-18(20-13-15-7-5-4-6-8-15)21-14-16-9-11-17(12-10-16)23(24)25/h4-12H,13-14H2,1-3H3,(H2,20,21,22). The number of rotatable bonds is 5. The van der Waals surface area contributed by atoms with Gasteiger partial charge in [-0.2, -0.15) is 0 Å². The number of guanidine groups is 1. The minimum atomic E-state index is -0.398. The van der Waals surface area contributed by atoms with Crippen LogP contribution in [0.4, 0.5) is 5.69 Å². The van der Waals surface area contributed by atoms with E-state index in [4.69, 9.17) is 0 Å². The van der Waals surface area contributed by atoms with E-state index in [0.717, 1.165) is 11.1 Å². The molecule has 0 saturated heterocycles. The molecule has 0 aliphatic rings. The summed E-state index contributed by atoms with van der Waals surface area (Å²) >= 11 is 0. The number of non-ortho nitro benzene ring substituents is 1. The van der Waals surface area contributed by atoms with Crippen molar-refractivity contribution in [2.45, 2.75) is 39.4 Å². The molecule has 0 unspecified atom stereocenters. The van der Waals surface area contributed by atoms with Crippen molar-refractivity contribution in [3.63, 3.8) is 0 Å². The molecule has 2 aromatic rings. The molecule has 6 heteroatoms. The van der Waals surface area contributed by atoms with E-state index in [0.29, 0.717) is 19.0 Å². The van der Waals surface area contributed by atoms with Crippen LogP contribution >= 0.6 is 0 Å². The topological polar surface area (TPSA) is 79.6 Å². The first kappa shape index (κ1) is 18.4. The molecule has 25 heavy (non-hydrogen) atoms. The van der Waals surface area contributed by atoms with Crippen LogP contribution in [0.3, 0.4) is 0 Å². The number of nitrogens with zero attached hydrogens (tertiary/aromatic N) is 2. The van der Waals surface area contributed by atoms with Gasteiger partial charge in [0.25, 0.3) is 5.69 Å². The van der Waals surface area contributed by atoms with Crippen molar-refractivity contribution >= 4 is 11.6 Å². The van der Waals surface area contributed by atoms with Crippen molar-refractivity contribution in [1.82, 2.24) is 10.6 Å². The van der Waals surface area contributed by atoms with E-state index in [1.165, 1.54) is 12.1 Å². The van der Waals surface area contributed by atoms with Crippen LogP contribution in [0, 0.1) is 10.1 Å². The lowest BCUT2D eigenvalue weighted by molar-refractivity contribution is -0.384. The van der Waals surface area contributed by atoms with E-state index in [2.05, 4.69) is 36.4 Å². The minimum absolute atomic E-state index is 0.0922. The van der Waals surface area contributed by atoms with Gasteiger partial charge in [-0.1, -0.05) is 42.5 Å². The highest BCUT2D eigenvalue weighted by molar-refractivity contribution is 5.80. The van der Waals surface area contributed by atoms with E-state index >= 15 is 0 Å². The summed E-state index contributed by atoms with van der Waals surface area (Å²) in [6.07, 6.45) is 0. The normalized spacial score (nSPS) is 11.9.